The number of carbonyl (C=O) groups is 2. The number of benzene rings is 1. The van der Waals surface area contributed by atoms with Gasteiger partial charge in [0.15, 0.2) is 0 Å². The van der Waals surface area contributed by atoms with Gasteiger partial charge in [-0.2, -0.15) is 5.10 Å². The molecular weight excluding hydrogens is 232 g/mol. The molecule has 18 heavy (non-hydrogen) atoms. The number of rotatable bonds is 3. The first kappa shape index (κ1) is 11.8. The van der Waals surface area contributed by atoms with Crippen molar-refractivity contribution in [1.82, 2.24) is 16.3 Å². The third kappa shape index (κ3) is 3.44. The molecule has 2 rings (SSSR count). The molecule has 0 bridgehead atoms. The normalized spacial score (nSPS) is 16.7. The Morgan fingerprint density at radius 3 is 2.72 bits per heavy atom. The van der Waals surface area contributed by atoms with Gasteiger partial charge in [-0.3, -0.25) is 15.0 Å². The summed E-state index contributed by atoms with van der Waals surface area (Å²) in [5.74, 6) is -0.553. The highest BCUT2D eigenvalue weighted by atomic mass is 16.2. The molecule has 0 unspecified atom stereocenters. The van der Waals surface area contributed by atoms with Crippen LogP contribution >= 0.6 is 0 Å². The van der Waals surface area contributed by atoms with Gasteiger partial charge in [-0.1, -0.05) is 30.3 Å². The summed E-state index contributed by atoms with van der Waals surface area (Å²) in [6.45, 7) is 0. The van der Waals surface area contributed by atoms with E-state index < -0.39 is 0 Å². The van der Waals surface area contributed by atoms with Crippen molar-refractivity contribution in [1.29, 1.82) is 0 Å². The molecule has 0 spiro atoms. The summed E-state index contributed by atoms with van der Waals surface area (Å²) in [5, 5.41) is 3.80. The monoisotopic (exact) mass is 244 g/mol. The Kier molecular flexibility index (Phi) is 3.70. The van der Waals surface area contributed by atoms with Crippen LogP contribution in [-0.4, -0.2) is 18.0 Å². The maximum absolute atomic E-state index is 11.4. The summed E-state index contributed by atoms with van der Waals surface area (Å²) in [5.41, 5.74) is 8.73. The number of carbonyl (C=O) groups excluding carboxylic acids is 2. The van der Waals surface area contributed by atoms with E-state index >= 15 is 0 Å². The van der Waals surface area contributed by atoms with E-state index in [4.69, 9.17) is 0 Å². The van der Waals surface area contributed by atoms with Gasteiger partial charge in [-0.25, -0.2) is 5.43 Å². The molecule has 6 nitrogen and oxygen atoms in total. The molecule has 1 aromatic rings. The first-order chi connectivity index (χ1) is 8.74. The number of nitrogens with one attached hydrogen (secondary N) is 3. The zero-order valence-corrected chi connectivity index (χ0v) is 9.51. The van der Waals surface area contributed by atoms with Crippen LogP contribution in [0, 0.1) is 0 Å². The van der Waals surface area contributed by atoms with E-state index in [2.05, 4.69) is 21.4 Å². The Morgan fingerprint density at radius 2 is 2.06 bits per heavy atom. The highest BCUT2D eigenvalue weighted by Crippen LogP contribution is 2.00. The third-order valence-electron chi connectivity index (χ3n) is 2.21. The number of hydrogen-bond acceptors (Lipinski definition) is 4. The Hall–Kier alpha value is -2.63. The average molecular weight is 244 g/mol. The fourth-order valence-electron chi connectivity index (χ4n) is 1.40. The molecule has 3 N–H and O–H groups in total. The average Bonchev–Trinajstić information content (AvgIpc) is 2.76. The number of hydrazine groups is 1. The maximum atomic E-state index is 11.4. The van der Waals surface area contributed by atoms with E-state index in [0.717, 1.165) is 5.56 Å². The number of hydrazone groups is 1. The highest BCUT2D eigenvalue weighted by Gasteiger charge is 2.14. The minimum Gasteiger partial charge on any atom is -0.302 e. The summed E-state index contributed by atoms with van der Waals surface area (Å²) >= 11 is 0. The minimum atomic E-state index is -0.388. The van der Waals surface area contributed by atoms with Crippen LogP contribution in [0.5, 0.6) is 0 Å². The van der Waals surface area contributed by atoms with Crippen LogP contribution in [0.3, 0.4) is 0 Å². The Bertz CT molecular complexity index is 508. The molecule has 1 aromatic carbocycles. The van der Waals surface area contributed by atoms with Crippen molar-refractivity contribution in [3.05, 3.63) is 47.7 Å². The lowest BCUT2D eigenvalue weighted by molar-refractivity contribution is -0.119. The molecule has 0 saturated carbocycles. The van der Waals surface area contributed by atoms with Crippen LogP contribution in [0.1, 0.15) is 12.0 Å². The summed E-state index contributed by atoms with van der Waals surface area (Å²) in [6, 6.07) is 9.40. The predicted octanol–water partition coefficient (Wildman–Crippen LogP) is 0.0451. The molecule has 1 fully saturated rings. The smallest absolute Gasteiger partial charge is 0.265 e. The van der Waals surface area contributed by atoms with Crippen LogP contribution in [0.25, 0.3) is 0 Å². The third-order valence-corrected chi connectivity index (χ3v) is 2.21. The van der Waals surface area contributed by atoms with Crippen molar-refractivity contribution in [2.75, 3.05) is 0 Å². The molecular formula is C12H12N4O2. The van der Waals surface area contributed by atoms with E-state index in [9.17, 15) is 9.59 Å². The standard InChI is InChI=1S/C12H12N4O2/c17-11(6-10-7-12(18)16-14-10)15-13-8-9-4-2-1-3-5-9/h1-6,8,14H,7H2,(H,15,17)(H,16,18). The van der Waals surface area contributed by atoms with Crippen molar-refractivity contribution in [3.63, 3.8) is 0 Å². The van der Waals surface area contributed by atoms with Crippen LogP contribution in [0.4, 0.5) is 0 Å². The van der Waals surface area contributed by atoms with Crippen LogP contribution in [-0.2, 0) is 9.59 Å². The Morgan fingerprint density at radius 1 is 1.28 bits per heavy atom. The van der Waals surface area contributed by atoms with E-state index in [1.807, 2.05) is 30.3 Å². The number of hydrogen-bond donors (Lipinski definition) is 3. The fraction of sp³-hybridized carbons (Fsp3) is 0.0833. The van der Waals surface area contributed by atoms with Crippen molar-refractivity contribution in [2.24, 2.45) is 5.10 Å². The molecule has 6 heteroatoms. The van der Waals surface area contributed by atoms with Crippen molar-refractivity contribution >= 4 is 18.0 Å². The van der Waals surface area contributed by atoms with Crippen LogP contribution in [0.2, 0.25) is 0 Å². The lowest BCUT2D eigenvalue weighted by Crippen LogP contribution is -2.25. The zero-order valence-electron chi connectivity index (χ0n) is 9.51. The molecule has 1 heterocycles. The van der Waals surface area contributed by atoms with E-state index in [0.29, 0.717) is 5.70 Å². The van der Waals surface area contributed by atoms with Gasteiger partial charge < -0.3 is 5.43 Å². The second-order valence-electron chi connectivity index (χ2n) is 3.66. The molecule has 0 radical (unpaired) electrons. The molecule has 1 aliphatic heterocycles. The summed E-state index contributed by atoms with van der Waals surface area (Å²) in [6.07, 6.45) is 3.01. The first-order valence-electron chi connectivity index (χ1n) is 5.37. The molecule has 1 aliphatic rings. The molecule has 1 saturated heterocycles. The fourth-order valence-corrected chi connectivity index (χ4v) is 1.40. The topological polar surface area (TPSA) is 82.6 Å². The SMILES string of the molecule is O=C(C=C1CC(=O)NN1)NN=Cc1ccccc1. The molecule has 0 atom stereocenters. The molecule has 0 aliphatic carbocycles. The second kappa shape index (κ2) is 5.62. The molecule has 0 aromatic heterocycles. The van der Waals surface area contributed by atoms with Crippen molar-refractivity contribution < 1.29 is 9.59 Å². The van der Waals surface area contributed by atoms with E-state index in [1.54, 1.807) is 6.21 Å². The maximum Gasteiger partial charge on any atom is 0.265 e. The Balaban J connectivity index is 1.85. The van der Waals surface area contributed by atoms with Gasteiger partial charge in [0.25, 0.3) is 5.91 Å². The van der Waals surface area contributed by atoms with E-state index in [-0.39, 0.29) is 18.2 Å². The summed E-state index contributed by atoms with van der Waals surface area (Å²) < 4.78 is 0. The minimum absolute atomic E-state index is 0.165. The van der Waals surface area contributed by atoms with Gasteiger partial charge in [-0.15, -0.1) is 0 Å². The van der Waals surface area contributed by atoms with Gasteiger partial charge in [0.2, 0.25) is 5.91 Å². The van der Waals surface area contributed by atoms with Crippen LogP contribution < -0.4 is 16.3 Å². The first-order valence-corrected chi connectivity index (χ1v) is 5.37. The molecule has 92 valence electrons. The summed E-state index contributed by atoms with van der Waals surface area (Å²) in [4.78, 5) is 22.3. The van der Waals surface area contributed by atoms with Gasteiger partial charge in [-0.05, 0) is 5.56 Å². The lowest BCUT2D eigenvalue weighted by Gasteiger charge is -1.97. The molecule has 2 amide bonds. The predicted molar refractivity (Wildman–Crippen MR) is 66.2 cm³/mol. The Labute approximate surface area is 104 Å². The zero-order chi connectivity index (χ0) is 12.8. The highest BCUT2D eigenvalue weighted by molar-refractivity contribution is 5.91. The van der Waals surface area contributed by atoms with Crippen molar-refractivity contribution in [3.8, 4) is 0 Å². The van der Waals surface area contributed by atoms with Gasteiger partial charge in [0.05, 0.1) is 12.6 Å². The van der Waals surface area contributed by atoms with Gasteiger partial charge in [0.1, 0.15) is 0 Å². The quantitative estimate of drug-likeness (QED) is 0.399. The second-order valence-corrected chi connectivity index (χ2v) is 3.66. The van der Waals surface area contributed by atoms with Crippen molar-refractivity contribution in [2.45, 2.75) is 6.42 Å². The largest absolute Gasteiger partial charge is 0.302 e. The lowest BCUT2D eigenvalue weighted by atomic mass is 10.2. The van der Waals surface area contributed by atoms with Crippen LogP contribution in [0.15, 0.2) is 47.2 Å². The summed E-state index contributed by atoms with van der Waals surface area (Å²) in [7, 11) is 0. The van der Waals surface area contributed by atoms with Gasteiger partial charge in [0, 0.05) is 11.8 Å². The van der Waals surface area contributed by atoms with Gasteiger partial charge >= 0.3 is 0 Å². The number of nitrogens with zero attached hydrogens (tertiary/aromatic N) is 1. The number of amides is 2. The van der Waals surface area contributed by atoms with E-state index in [1.165, 1.54) is 6.08 Å².